The molecule has 6 atom stereocenters. The lowest BCUT2D eigenvalue weighted by Crippen LogP contribution is -2.80. The Morgan fingerprint density at radius 1 is 1.40 bits per heavy atom. The second-order valence-corrected chi connectivity index (χ2v) is 10.2. The predicted molar refractivity (Wildman–Crippen MR) is 113 cm³/mol. The van der Waals surface area contributed by atoms with Gasteiger partial charge in [-0.25, -0.2) is 0 Å². The van der Waals surface area contributed by atoms with Crippen LogP contribution in [0.1, 0.15) is 37.8 Å². The van der Waals surface area contributed by atoms with Crippen molar-refractivity contribution in [2.45, 2.75) is 50.2 Å². The number of nitrogens with zero attached hydrogens (tertiary/aromatic N) is 1. The molecular formula is C24H28ClNO4. The smallest absolute Gasteiger partial charge is 0.309 e. The van der Waals surface area contributed by atoms with Gasteiger partial charge in [0.05, 0.1) is 25.0 Å². The summed E-state index contributed by atoms with van der Waals surface area (Å²) in [6, 6.07) is 4.39. The van der Waals surface area contributed by atoms with Gasteiger partial charge in [-0.1, -0.05) is 23.7 Å². The van der Waals surface area contributed by atoms with E-state index in [0.29, 0.717) is 13.0 Å². The van der Waals surface area contributed by atoms with Gasteiger partial charge in [0.25, 0.3) is 0 Å². The molecule has 0 radical (unpaired) electrons. The van der Waals surface area contributed by atoms with Gasteiger partial charge in [-0.2, -0.15) is 0 Å². The maximum atomic E-state index is 13.4. The Morgan fingerprint density at radius 3 is 2.93 bits per heavy atom. The molecule has 1 aromatic carbocycles. The molecule has 2 aliphatic heterocycles. The zero-order chi connectivity index (χ0) is 21.1. The highest BCUT2D eigenvalue weighted by atomic mass is 35.5. The lowest BCUT2D eigenvalue weighted by atomic mass is 9.33. The molecule has 6 aliphatic rings. The highest BCUT2D eigenvalue weighted by molar-refractivity contribution is 6.30. The van der Waals surface area contributed by atoms with Crippen LogP contribution in [0.2, 0.25) is 0 Å². The molecule has 4 aliphatic carbocycles. The minimum atomic E-state index is -0.506. The van der Waals surface area contributed by atoms with Crippen LogP contribution in [0, 0.1) is 17.3 Å². The number of hydrogen-bond acceptors (Lipinski definition) is 5. The average molecular weight is 430 g/mol. The van der Waals surface area contributed by atoms with Crippen LogP contribution in [0.5, 0.6) is 11.5 Å². The largest absolute Gasteiger partial charge is 0.493 e. The topological polar surface area (TPSA) is 48.0 Å². The average Bonchev–Trinajstić information content (AvgIpc) is 2.99. The number of halogens is 1. The molecule has 7 rings (SSSR count). The van der Waals surface area contributed by atoms with E-state index in [1.165, 1.54) is 11.1 Å². The molecule has 4 bridgehead atoms. The van der Waals surface area contributed by atoms with Crippen LogP contribution in [0.4, 0.5) is 0 Å². The van der Waals surface area contributed by atoms with Crippen molar-refractivity contribution < 1.29 is 19.0 Å². The van der Waals surface area contributed by atoms with E-state index >= 15 is 0 Å². The molecule has 2 fully saturated rings. The van der Waals surface area contributed by atoms with Crippen LogP contribution in [0.25, 0.3) is 0 Å². The molecule has 6 unspecified atom stereocenters. The molecule has 5 nitrogen and oxygen atoms in total. The number of benzene rings is 1. The Kier molecular flexibility index (Phi) is 3.64. The van der Waals surface area contributed by atoms with Crippen LogP contribution in [-0.4, -0.2) is 49.8 Å². The van der Waals surface area contributed by atoms with Crippen LogP contribution in [-0.2, 0) is 21.4 Å². The third-order valence-electron chi connectivity index (χ3n) is 9.09. The van der Waals surface area contributed by atoms with Crippen LogP contribution in [0.3, 0.4) is 0 Å². The van der Waals surface area contributed by atoms with Crippen LogP contribution < -0.4 is 9.47 Å². The number of likely N-dealkylation sites (tertiary alicyclic amines) is 1. The molecule has 6 heteroatoms. The number of hydrogen-bond donors (Lipinski definition) is 0. The van der Waals surface area contributed by atoms with Crippen LogP contribution >= 0.6 is 11.6 Å². The van der Waals surface area contributed by atoms with Gasteiger partial charge in [-0.05, 0) is 58.3 Å². The van der Waals surface area contributed by atoms with Gasteiger partial charge >= 0.3 is 5.97 Å². The zero-order valence-electron chi connectivity index (χ0n) is 18.0. The van der Waals surface area contributed by atoms with Gasteiger partial charge in [0.15, 0.2) is 11.5 Å². The quantitative estimate of drug-likeness (QED) is 0.686. The maximum absolute atomic E-state index is 13.4. The van der Waals surface area contributed by atoms with Crippen molar-refractivity contribution in [2.24, 2.45) is 17.3 Å². The van der Waals surface area contributed by atoms with Crippen molar-refractivity contribution in [3.05, 3.63) is 34.4 Å². The van der Waals surface area contributed by atoms with Gasteiger partial charge in [0, 0.05) is 28.0 Å². The Hall–Kier alpha value is -1.72. The summed E-state index contributed by atoms with van der Waals surface area (Å²) in [6.45, 7) is 5.46. The first-order valence-corrected chi connectivity index (χ1v) is 11.4. The summed E-state index contributed by atoms with van der Waals surface area (Å²) in [7, 11) is 3.88. The summed E-state index contributed by atoms with van der Waals surface area (Å²) in [6.07, 6.45) is 4.71. The van der Waals surface area contributed by atoms with Gasteiger partial charge < -0.3 is 19.1 Å². The number of methoxy groups -OCH3 is 1. The fourth-order valence-electron chi connectivity index (χ4n) is 8.08. The lowest BCUT2D eigenvalue weighted by Gasteiger charge is -2.72. The Balaban J connectivity index is 1.72. The fraction of sp³-hybridized carbons (Fsp3) is 0.625. The molecule has 1 aromatic rings. The number of ether oxygens (including phenoxy) is 3. The molecule has 2 spiro atoms. The van der Waals surface area contributed by atoms with Gasteiger partial charge in [-0.15, -0.1) is 0 Å². The maximum Gasteiger partial charge on any atom is 0.309 e. The predicted octanol–water partition coefficient (Wildman–Crippen LogP) is 3.67. The standard InChI is InChI=1S/C24H28ClNO4/c1-5-29-21(27)15-11-14-16(25)12-23(15)18-10-13-6-7-17(28-4)20-19(13)24(23,8-9-26(18)3)22(14,2)30-20/h6-7,12,14-15,18H,5,8-11H2,1-4H3. The van der Waals surface area contributed by atoms with Crippen molar-refractivity contribution in [1.82, 2.24) is 4.90 Å². The molecule has 30 heavy (non-hydrogen) atoms. The van der Waals surface area contributed by atoms with Crippen molar-refractivity contribution >= 4 is 17.6 Å². The fourth-order valence-corrected chi connectivity index (χ4v) is 8.56. The Morgan fingerprint density at radius 2 is 2.20 bits per heavy atom. The number of piperidine rings is 1. The van der Waals surface area contributed by atoms with E-state index in [0.717, 1.165) is 35.9 Å². The number of esters is 1. The molecule has 1 saturated heterocycles. The number of rotatable bonds is 3. The molecule has 0 N–H and O–H groups in total. The number of likely N-dealkylation sites (N-methyl/N-ethyl adjacent to an activating group) is 1. The highest BCUT2D eigenvalue weighted by Gasteiger charge is 2.82. The normalized spacial score (nSPS) is 42.3. The molecule has 0 aromatic heterocycles. The second-order valence-electron chi connectivity index (χ2n) is 9.75. The van der Waals surface area contributed by atoms with E-state index in [9.17, 15) is 4.79 Å². The number of fused-ring (bicyclic) bond motifs is 1. The minimum absolute atomic E-state index is 0.0393. The van der Waals surface area contributed by atoms with Gasteiger partial charge in [-0.3, -0.25) is 4.79 Å². The summed E-state index contributed by atoms with van der Waals surface area (Å²) in [5.41, 5.74) is 1.31. The van der Waals surface area contributed by atoms with E-state index in [1.54, 1.807) is 7.11 Å². The molecule has 2 heterocycles. The van der Waals surface area contributed by atoms with Crippen molar-refractivity contribution in [3.63, 3.8) is 0 Å². The SMILES string of the molecule is CCOC(=O)C1CC2C(Cl)=CC13C1Cc4ccc(OC)c5c4C3(CCN1C)C2(C)O5. The van der Waals surface area contributed by atoms with E-state index in [4.69, 9.17) is 25.8 Å². The van der Waals surface area contributed by atoms with Crippen LogP contribution in [0.15, 0.2) is 23.2 Å². The first-order valence-electron chi connectivity index (χ1n) is 11.0. The monoisotopic (exact) mass is 429 g/mol. The first kappa shape index (κ1) is 19.0. The third kappa shape index (κ3) is 1.74. The van der Waals surface area contributed by atoms with Gasteiger partial charge in [0.2, 0.25) is 0 Å². The summed E-state index contributed by atoms with van der Waals surface area (Å²) in [4.78, 5) is 15.8. The van der Waals surface area contributed by atoms with E-state index in [-0.39, 0.29) is 29.3 Å². The van der Waals surface area contributed by atoms with Crippen molar-refractivity contribution in [2.75, 3.05) is 27.3 Å². The van der Waals surface area contributed by atoms with Gasteiger partial charge in [0.1, 0.15) is 5.60 Å². The summed E-state index contributed by atoms with van der Waals surface area (Å²) in [5, 5.41) is 0.837. The summed E-state index contributed by atoms with van der Waals surface area (Å²) in [5.74, 6) is 1.28. The summed E-state index contributed by atoms with van der Waals surface area (Å²) >= 11 is 6.96. The number of carbonyl (C=O) groups excluding carboxylic acids is 1. The Labute approximate surface area is 182 Å². The zero-order valence-corrected chi connectivity index (χ0v) is 18.7. The minimum Gasteiger partial charge on any atom is -0.493 e. The van der Waals surface area contributed by atoms with E-state index in [1.807, 2.05) is 13.0 Å². The van der Waals surface area contributed by atoms with Crippen molar-refractivity contribution in [3.8, 4) is 11.5 Å². The third-order valence-corrected chi connectivity index (χ3v) is 9.46. The molecule has 160 valence electrons. The lowest BCUT2D eigenvalue weighted by molar-refractivity contribution is -0.205. The van der Waals surface area contributed by atoms with Crippen molar-refractivity contribution in [1.29, 1.82) is 0 Å². The highest BCUT2D eigenvalue weighted by Crippen LogP contribution is 2.78. The van der Waals surface area contributed by atoms with E-state index in [2.05, 4.69) is 31.0 Å². The Bertz CT molecular complexity index is 1010. The first-order chi connectivity index (χ1) is 14.4. The second kappa shape index (κ2) is 5.74. The van der Waals surface area contributed by atoms with E-state index < -0.39 is 11.0 Å². The molecular weight excluding hydrogens is 402 g/mol. The summed E-state index contributed by atoms with van der Waals surface area (Å²) < 4.78 is 18.3. The molecule has 1 saturated carbocycles. The number of carbonyl (C=O) groups is 1. The molecule has 0 amide bonds.